The Hall–Kier alpha value is -1.88. The summed E-state index contributed by atoms with van der Waals surface area (Å²) in [7, 11) is 0. The Labute approximate surface area is 121 Å². The van der Waals surface area contributed by atoms with Crippen LogP contribution in [0.5, 0.6) is 0 Å². The van der Waals surface area contributed by atoms with E-state index in [2.05, 4.69) is 4.98 Å². The molecule has 2 rings (SSSR count). The summed E-state index contributed by atoms with van der Waals surface area (Å²) in [6.45, 7) is 4.14. The zero-order valence-electron chi connectivity index (χ0n) is 11.5. The minimum absolute atomic E-state index is 0.315. The van der Waals surface area contributed by atoms with Gasteiger partial charge in [0.15, 0.2) is 0 Å². The van der Waals surface area contributed by atoms with Crippen molar-refractivity contribution in [2.24, 2.45) is 0 Å². The van der Waals surface area contributed by atoms with Gasteiger partial charge in [-0.25, -0.2) is 14.2 Å². The monoisotopic (exact) mass is 293 g/mol. The number of hydrogen-bond acceptors (Lipinski definition) is 3. The molecule has 0 atom stereocenters. The fourth-order valence-corrected chi connectivity index (χ4v) is 2.19. The van der Waals surface area contributed by atoms with Crippen LogP contribution in [0.2, 0.25) is 0 Å². The van der Waals surface area contributed by atoms with E-state index in [-0.39, 0.29) is 5.69 Å². The molecular formula is C14H16ClN3O2. The summed E-state index contributed by atoms with van der Waals surface area (Å²) in [5, 5.41) is 0.653. The predicted octanol–water partition coefficient (Wildman–Crippen LogP) is 1.74. The van der Waals surface area contributed by atoms with Crippen LogP contribution in [-0.2, 0) is 13.1 Å². The fourth-order valence-electron chi connectivity index (χ4n) is 2.04. The van der Waals surface area contributed by atoms with Crippen LogP contribution in [0.3, 0.4) is 0 Å². The van der Waals surface area contributed by atoms with E-state index < -0.39 is 5.69 Å². The zero-order chi connectivity index (χ0) is 14.7. The molecule has 0 bridgehead atoms. The third kappa shape index (κ3) is 2.99. The van der Waals surface area contributed by atoms with Crippen molar-refractivity contribution in [3.63, 3.8) is 0 Å². The lowest BCUT2D eigenvalue weighted by Gasteiger charge is -2.12. The van der Waals surface area contributed by atoms with E-state index >= 15 is 0 Å². The molecule has 0 fully saturated rings. The van der Waals surface area contributed by atoms with Crippen molar-refractivity contribution in [2.75, 3.05) is 0 Å². The van der Waals surface area contributed by atoms with Crippen molar-refractivity contribution in [3.8, 4) is 0 Å². The van der Waals surface area contributed by atoms with Gasteiger partial charge in [0.1, 0.15) is 5.82 Å². The highest BCUT2D eigenvalue weighted by molar-refractivity contribution is 6.31. The molecule has 1 heterocycles. The predicted molar refractivity (Wildman–Crippen MR) is 78.9 cm³/mol. The molecule has 1 aliphatic rings. The highest BCUT2D eigenvalue weighted by atomic mass is 35.5. The second-order valence-corrected chi connectivity index (χ2v) is 4.97. The molecule has 5 nitrogen and oxygen atoms in total. The van der Waals surface area contributed by atoms with Crippen LogP contribution in [0, 0.1) is 6.92 Å². The number of allylic oxidation sites excluding steroid dienone is 6. The van der Waals surface area contributed by atoms with Crippen LogP contribution >= 0.6 is 11.6 Å². The maximum Gasteiger partial charge on any atom is 0.353 e. The first-order valence-electron chi connectivity index (χ1n) is 6.43. The van der Waals surface area contributed by atoms with Gasteiger partial charge in [-0.05, 0) is 38.0 Å². The lowest BCUT2D eigenvalue weighted by Crippen LogP contribution is -2.42. The molecule has 1 aromatic rings. The SMILES string of the molecule is CCn1c(=O)nc(C)n(CC2=CC=C(Cl)C=CC2)c1=O. The van der Waals surface area contributed by atoms with Gasteiger partial charge >= 0.3 is 11.4 Å². The summed E-state index contributed by atoms with van der Waals surface area (Å²) in [4.78, 5) is 27.8. The number of aromatic nitrogens is 3. The second kappa shape index (κ2) is 6.05. The van der Waals surface area contributed by atoms with E-state index in [4.69, 9.17) is 11.6 Å². The molecule has 6 heteroatoms. The Morgan fingerprint density at radius 2 is 2.05 bits per heavy atom. The largest absolute Gasteiger partial charge is 0.353 e. The normalized spacial score (nSPS) is 14.8. The summed E-state index contributed by atoms with van der Waals surface area (Å²) in [5.74, 6) is 0.425. The molecule has 20 heavy (non-hydrogen) atoms. The molecule has 0 amide bonds. The van der Waals surface area contributed by atoms with Crippen molar-refractivity contribution < 1.29 is 0 Å². The van der Waals surface area contributed by atoms with E-state index in [9.17, 15) is 9.59 Å². The van der Waals surface area contributed by atoms with Gasteiger partial charge < -0.3 is 0 Å². The third-order valence-corrected chi connectivity index (χ3v) is 3.41. The van der Waals surface area contributed by atoms with Gasteiger partial charge in [-0.1, -0.05) is 23.8 Å². The number of aryl methyl sites for hydroxylation is 1. The van der Waals surface area contributed by atoms with Crippen molar-refractivity contribution in [2.45, 2.75) is 33.4 Å². The molecule has 0 saturated heterocycles. The zero-order valence-corrected chi connectivity index (χ0v) is 12.2. The number of nitrogens with zero attached hydrogens (tertiary/aromatic N) is 3. The second-order valence-electron chi connectivity index (χ2n) is 4.54. The molecule has 106 valence electrons. The lowest BCUT2D eigenvalue weighted by molar-refractivity contribution is 0.546. The van der Waals surface area contributed by atoms with E-state index in [1.165, 1.54) is 4.57 Å². The van der Waals surface area contributed by atoms with Gasteiger partial charge in [-0.2, -0.15) is 4.98 Å². The minimum Gasteiger partial charge on any atom is -0.277 e. The molecule has 0 radical (unpaired) electrons. The molecule has 0 unspecified atom stereocenters. The summed E-state index contributed by atoms with van der Waals surface area (Å²) in [6.07, 6.45) is 8.18. The van der Waals surface area contributed by atoms with Gasteiger partial charge in [0, 0.05) is 11.6 Å². The average molecular weight is 294 g/mol. The van der Waals surface area contributed by atoms with Crippen LogP contribution in [0.15, 0.2) is 44.5 Å². The van der Waals surface area contributed by atoms with Crippen molar-refractivity contribution in [1.29, 1.82) is 0 Å². The summed E-state index contributed by atoms with van der Waals surface area (Å²) < 4.78 is 2.64. The standard InChI is InChI=1S/C14H16ClN3O2/c1-3-17-13(19)16-10(2)18(14(17)20)9-11-5-4-6-12(15)8-7-11/h4,6-8H,3,5,9H2,1-2H3. The molecule has 0 N–H and O–H groups in total. The maximum atomic E-state index is 12.3. The Kier molecular flexibility index (Phi) is 4.39. The number of halogens is 1. The topological polar surface area (TPSA) is 56.9 Å². The van der Waals surface area contributed by atoms with Gasteiger partial charge in [0.2, 0.25) is 0 Å². The molecule has 0 aromatic carbocycles. The van der Waals surface area contributed by atoms with Gasteiger partial charge in [-0.3, -0.25) is 4.57 Å². The quantitative estimate of drug-likeness (QED) is 0.853. The van der Waals surface area contributed by atoms with Gasteiger partial charge in [0.25, 0.3) is 0 Å². The van der Waals surface area contributed by atoms with Crippen LogP contribution in [0.1, 0.15) is 19.2 Å². The van der Waals surface area contributed by atoms with E-state index in [1.54, 1.807) is 19.9 Å². The molecule has 1 aromatic heterocycles. The molecule has 1 aliphatic carbocycles. The summed E-state index contributed by atoms with van der Waals surface area (Å²) in [5.41, 5.74) is 0.211. The Morgan fingerprint density at radius 3 is 2.75 bits per heavy atom. The van der Waals surface area contributed by atoms with E-state index in [0.29, 0.717) is 30.4 Å². The third-order valence-electron chi connectivity index (χ3n) is 3.15. The fraction of sp³-hybridized carbons (Fsp3) is 0.357. The van der Waals surface area contributed by atoms with Crippen molar-refractivity contribution >= 4 is 11.6 Å². The van der Waals surface area contributed by atoms with E-state index in [0.717, 1.165) is 10.1 Å². The first-order valence-corrected chi connectivity index (χ1v) is 6.80. The Balaban J connectivity index is 2.43. The lowest BCUT2D eigenvalue weighted by atomic mass is 10.2. The summed E-state index contributed by atoms with van der Waals surface area (Å²) >= 11 is 5.92. The molecular weight excluding hydrogens is 278 g/mol. The number of hydrogen-bond donors (Lipinski definition) is 0. The van der Waals surface area contributed by atoms with Crippen LogP contribution < -0.4 is 11.4 Å². The van der Waals surface area contributed by atoms with Crippen LogP contribution in [0.25, 0.3) is 0 Å². The highest BCUT2D eigenvalue weighted by Gasteiger charge is 2.10. The first-order chi connectivity index (χ1) is 9.52. The average Bonchev–Trinajstić information content (AvgIpc) is 2.60. The van der Waals surface area contributed by atoms with Crippen LogP contribution in [0.4, 0.5) is 0 Å². The molecule has 0 spiro atoms. The van der Waals surface area contributed by atoms with E-state index in [1.807, 2.05) is 18.2 Å². The maximum absolute atomic E-state index is 12.3. The Bertz CT molecular complexity index is 723. The van der Waals surface area contributed by atoms with Gasteiger partial charge in [-0.15, -0.1) is 0 Å². The Morgan fingerprint density at radius 1 is 1.30 bits per heavy atom. The van der Waals surface area contributed by atoms with Gasteiger partial charge in [0.05, 0.1) is 6.54 Å². The molecule has 0 aliphatic heterocycles. The summed E-state index contributed by atoms with van der Waals surface area (Å²) in [6, 6.07) is 0. The van der Waals surface area contributed by atoms with Crippen LogP contribution in [-0.4, -0.2) is 14.1 Å². The molecule has 0 saturated carbocycles. The number of rotatable bonds is 3. The first kappa shape index (κ1) is 14.5. The van der Waals surface area contributed by atoms with Crippen molar-refractivity contribution in [3.05, 3.63) is 61.7 Å². The smallest absolute Gasteiger partial charge is 0.277 e. The van der Waals surface area contributed by atoms with Crippen molar-refractivity contribution in [1.82, 2.24) is 14.1 Å². The minimum atomic E-state index is -0.496. The highest BCUT2D eigenvalue weighted by Crippen LogP contribution is 2.15.